The number of aryl methyl sites for hydroxylation is 2. The van der Waals surface area contributed by atoms with E-state index in [1.165, 1.54) is 4.90 Å². The average Bonchev–Trinajstić information content (AvgIpc) is 2.90. The van der Waals surface area contributed by atoms with Crippen molar-refractivity contribution >= 4 is 21.7 Å². The number of hydrogen-bond acceptors (Lipinski definition) is 6. The molecule has 26 heavy (non-hydrogen) atoms. The summed E-state index contributed by atoms with van der Waals surface area (Å²) in [5.41, 5.74) is 2.04. The summed E-state index contributed by atoms with van der Waals surface area (Å²) in [7, 11) is -3.08. The van der Waals surface area contributed by atoms with E-state index in [0.29, 0.717) is 18.7 Å². The molecule has 0 aromatic heterocycles. The van der Waals surface area contributed by atoms with Crippen molar-refractivity contribution in [1.82, 2.24) is 4.90 Å². The number of benzene rings is 1. The SMILES string of the molecule is CCN(C(=O)COC(=O)COc1cc(C)cc(C)c1)[C@@H]1CCS(=O)(=O)C1. The number of amides is 1. The first-order chi connectivity index (χ1) is 12.2. The predicted molar refractivity (Wildman–Crippen MR) is 96.8 cm³/mol. The van der Waals surface area contributed by atoms with Gasteiger partial charge in [-0.15, -0.1) is 0 Å². The Hall–Kier alpha value is -2.09. The van der Waals surface area contributed by atoms with Crippen molar-refractivity contribution in [3.8, 4) is 5.75 Å². The second-order valence-corrected chi connectivity index (χ2v) is 8.74. The molecule has 1 aromatic carbocycles. The molecule has 0 radical (unpaired) electrons. The molecule has 1 saturated heterocycles. The lowest BCUT2D eigenvalue weighted by atomic mass is 10.1. The van der Waals surface area contributed by atoms with Gasteiger partial charge in [0.15, 0.2) is 23.1 Å². The lowest BCUT2D eigenvalue weighted by molar-refractivity contribution is -0.154. The maximum absolute atomic E-state index is 12.3. The highest BCUT2D eigenvalue weighted by molar-refractivity contribution is 7.91. The molecule has 1 amide bonds. The highest BCUT2D eigenvalue weighted by Crippen LogP contribution is 2.18. The molecule has 1 aromatic rings. The minimum atomic E-state index is -3.08. The molecule has 0 saturated carbocycles. The number of carbonyl (C=O) groups excluding carboxylic acids is 2. The Labute approximate surface area is 154 Å². The Balaban J connectivity index is 1.81. The van der Waals surface area contributed by atoms with Crippen molar-refractivity contribution in [3.63, 3.8) is 0 Å². The Morgan fingerprint density at radius 3 is 2.35 bits per heavy atom. The molecule has 0 unspecified atom stereocenters. The van der Waals surface area contributed by atoms with Gasteiger partial charge >= 0.3 is 5.97 Å². The number of carbonyl (C=O) groups is 2. The minimum Gasteiger partial charge on any atom is -0.482 e. The van der Waals surface area contributed by atoms with Gasteiger partial charge < -0.3 is 14.4 Å². The number of ether oxygens (including phenoxy) is 2. The quantitative estimate of drug-likeness (QED) is 0.659. The standard InChI is InChI=1S/C18H25NO6S/c1-4-19(15-5-6-26(22,23)12-15)17(20)10-25-18(21)11-24-16-8-13(2)7-14(3)9-16/h7-9,15H,4-6,10-12H2,1-3H3/t15-/m1/s1. The third-order valence-corrected chi connectivity index (χ3v) is 5.97. The van der Waals surface area contributed by atoms with E-state index in [0.717, 1.165) is 11.1 Å². The van der Waals surface area contributed by atoms with E-state index in [2.05, 4.69) is 0 Å². The zero-order valence-electron chi connectivity index (χ0n) is 15.4. The third kappa shape index (κ3) is 5.72. The predicted octanol–water partition coefficient (Wildman–Crippen LogP) is 1.26. The molecular formula is C18H25NO6S. The molecule has 1 aliphatic heterocycles. The van der Waals surface area contributed by atoms with Crippen LogP contribution in [0.5, 0.6) is 5.75 Å². The fourth-order valence-electron chi connectivity index (χ4n) is 3.08. The second kappa shape index (κ2) is 8.53. The maximum Gasteiger partial charge on any atom is 0.344 e. The first-order valence-corrected chi connectivity index (χ1v) is 10.4. The second-order valence-electron chi connectivity index (χ2n) is 6.51. The monoisotopic (exact) mass is 383 g/mol. The van der Waals surface area contributed by atoms with Crippen molar-refractivity contribution in [2.45, 2.75) is 33.2 Å². The van der Waals surface area contributed by atoms with Crippen LogP contribution in [0.25, 0.3) is 0 Å². The van der Waals surface area contributed by atoms with E-state index < -0.39 is 28.3 Å². The lowest BCUT2D eigenvalue weighted by Crippen LogP contribution is -2.43. The van der Waals surface area contributed by atoms with Gasteiger partial charge in [0.25, 0.3) is 5.91 Å². The van der Waals surface area contributed by atoms with Gasteiger partial charge in [0.05, 0.1) is 11.5 Å². The normalized spacial score (nSPS) is 18.3. The summed E-state index contributed by atoms with van der Waals surface area (Å²) in [5, 5.41) is 0. The minimum absolute atomic E-state index is 0.0314. The van der Waals surface area contributed by atoms with Gasteiger partial charge in [-0.2, -0.15) is 0 Å². The van der Waals surface area contributed by atoms with E-state index in [1.807, 2.05) is 32.0 Å². The van der Waals surface area contributed by atoms with Crippen molar-refractivity contribution in [2.24, 2.45) is 0 Å². The smallest absolute Gasteiger partial charge is 0.344 e. The summed E-state index contributed by atoms with van der Waals surface area (Å²) < 4.78 is 33.5. The van der Waals surface area contributed by atoms with Crippen molar-refractivity contribution in [3.05, 3.63) is 29.3 Å². The molecule has 1 aliphatic rings. The Bertz CT molecular complexity index is 754. The first kappa shape index (κ1) is 20.2. The van der Waals surface area contributed by atoms with Crippen LogP contribution in [0.1, 0.15) is 24.5 Å². The largest absolute Gasteiger partial charge is 0.482 e. The summed E-state index contributed by atoms with van der Waals surface area (Å²) in [5.74, 6) is -0.416. The number of likely N-dealkylation sites (N-methyl/N-ethyl adjacent to an activating group) is 1. The van der Waals surface area contributed by atoms with E-state index >= 15 is 0 Å². The molecule has 7 nitrogen and oxygen atoms in total. The van der Waals surface area contributed by atoms with E-state index in [4.69, 9.17) is 9.47 Å². The Morgan fingerprint density at radius 2 is 1.81 bits per heavy atom. The van der Waals surface area contributed by atoms with Gasteiger partial charge in [0, 0.05) is 12.6 Å². The molecule has 8 heteroatoms. The van der Waals surface area contributed by atoms with Crippen molar-refractivity contribution in [1.29, 1.82) is 0 Å². The molecule has 144 valence electrons. The van der Waals surface area contributed by atoms with Gasteiger partial charge in [0.2, 0.25) is 0 Å². The van der Waals surface area contributed by atoms with Crippen molar-refractivity contribution in [2.75, 3.05) is 31.3 Å². The number of sulfone groups is 1. The van der Waals surface area contributed by atoms with E-state index in [9.17, 15) is 18.0 Å². The van der Waals surface area contributed by atoms with E-state index in [1.54, 1.807) is 6.92 Å². The van der Waals surface area contributed by atoms with Gasteiger partial charge in [-0.25, -0.2) is 13.2 Å². The molecule has 0 spiro atoms. The fourth-order valence-corrected chi connectivity index (χ4v) is 4.82. The van der Waals surface area contributed by atoms with E-state index in [-0.39, 0.29) is 24.2 Å². The fraction of sp³-hybridized carbons (Fsp3) is 0.556. The van der Waals surface area contributed by atoms with Crippen LogP contribution in [0.2, 0.25) is 0 Å². The maximum atomic E-state index is 12.3. The van der Waals surface area contributed by atoms with Gasteiger partial charge in [0.1, 0.15) is 5.75 Å². The summed E-state index contributed by atoms with van der Waals surface area (Å²) in [6.45, 7) is 5.29. The first-order valence-electron chi connectivity index (χ1n) is 8.57. The molecule has 1 heterocycles. The molecule has 1 fully saturated rings. The topological polar surface area (TPSA) is 90.0 Å². The van der Waals surface area contributed by atoms with Crippen LogP contribution in [-0.2, 0) is 24.2 Å². The number of esters is 1. The Kier molecular flexibility index (Phi) is 6.63. The molecule has 0 N–H and O–H groups in total. The molecule has 1 atom stereocenters. The third-order valence-electron chi connectivity index (χ3n) is 4.22. The number of rotatable bonds is 7. The van der Waals surface area contributed by atoms with Crippen molar-refractivity contribution < 1.29 is 27.5 Å². The number of hydrogen-bond donors (Lipinski definition) is 0. The van der Waals surface area contributed by atoms with Crippen LogP contribution in [0, 0.1) is 13.8 Å². The average molecular weight is 383 g/mol. The lowest BCUT2D eigenvalue weighted by Gasteiger charge is -2.26. The summed E-state index contributed by atoms with van der Waals surface area (Å²) >= 11 is 0. The van der Waals surface area contributed by atoms with Gasteiger partial charge in [-0.05, 0) is 50.5 Å². The molecular weight excluding hydrogens is 358 g/mol. The molecule has 0 aliphatic carbocycles. The zero-order valence-corrected chi connectivity index (χ0v) is 16.2. The van der Waals surface area contributed by atoms with Crippen LogP contribution >= 0.6 is 0 Å². The zero-order chi connectivity index (χ0) is 19.3. The molecule has 0 bridgehead atoms. The van der Waals surface area contributed by atoms with Crippen LogP contribution in [0.3, 0.4) is 0 Å². The van der Waals surface area contributed by atoms with Crippen LogP contribution in [0.15, 0.2) is 18.2 Å². The highest BCUT2D eigenvalue weighted by atomic mass is 32.2. The number of nitrogens with zero attached hydrogens (tertiary/aromatic N) is 1. The van der Waals surface area contributed by atoms with Crippen LogP contribution < -0.4 is 4.74 Å². The Morgan fingerprint density at radius 1 is 1.15 bits per heavy atom. The summed E-state index contributed by atoms with van der Waals surface area (Å²) in [6, 6.07) is 5.27. The molecule has 2 rings (SSSR count). The highest BCUT2D eigenvalue weighted by Gasteiger charge is 2.34. The summed E-state index contributed by atoms with van der Waals surface area (Å²) in [6.07, 6.45) is 0.422. The summed E-state index contributed by atoms with van der Waals surface area (Å²) in [4.78, 5) is 25.5. The van der Waals surface area contributed by atoms with Crippen LogP contribution in [-0.4, -0.2) is 62.5 Å². The van der Waals surface area contributed by atoms with Gasteiger partial charge in [-0.3, -0.25) is 4.79 Å². The van der Waals surface area contributed by atoms with Crippen LogP contribution in [0.4, 0.5) is 0 Å². The van der Waals surface area contributed by atoms with Gasteiger partial charge in [-0.1, -0.05) is 6.07 Å².